The molecule has 6 N–H and O–H groups in total. The Hall–Kier alpha value is -1.86. The van der Waals surface area contributed by atoms with E-state index < -0.39 is 49.5 Å². The van der Waals surface area contributed by atoms with Crippen LogP contribution in [0.5, 0.6) is 0 Å². The second-order valence-corrected chi connectivity index (χ2v) is 28.1. The molecule has 11 heteroatoms. The summed E-state index contributed by atoms with van der Waals surface area (Å²) in [6, 6.07) is -0.805. The molecule has 0 aromatic carbocycles. The minimum absolute atomic E-state index is 0.00784. The lowest BCUT2D eigenvalue weighted by atomic mass is 9.99. The molecule has 1 aliphatic rings. The molecule has 1 fully saturated rings. The van der Waals surface area contributed by atoms with Crippen LogP contribution in [-0.4, -0.2) is 100 Å². The van der Waals surface area contributed by atoms with E-state index in [9.17, 15) is 35.1 Å². The molecule has 0 spiro atoms. The first kappa shape index (κ1) is 87.2. The third kappa shape index (κ3) is 58.1. The quantitative estimate of drug-likeness (QED) is 0.0195. The van der Waals surface area contributed by atoms with Gasteiger partial charge in [0.05, 0.1) is 32.0 Å². The molecule has 538 valence electrons. The van der Waals surface area contributed by atoms with Crippen LogP contribution >= 0.6 is 0 Å². The van der Waals surface area contributed by atoms with E-state index in [1.807, 2.05) is 6.08 Å². The molecule has 0 aromatic rings. The molecule has 7 unspecified atom stereocenters. The van der Waals surface area contributed by atoms with Crippen LogP contribution in [0, 0.1) is 0 Å². The SMILES string of the molecule is CCCC/C=C\CCCCCCCC(=O)OCCCCCCCCCCCCCCCCCCCCCCCCCCCCCCCCCCCCCCCCCC(=O)NC(COC1OC(CO)C(O)C(O)C1O)C(O)/C=C/CCCCCCCCCCCCC. The molecule has 1 heterocycles. The summed E-state index contributed by atoms with van der Waals surface area (Å²) in [6.45, 7) is 4.36. The number of hydrogen-bond donors (Lipinski definition) is 6. The molecule has 1 rings (SSSR count). The van der Waals surface area contributed by atoms with Gasteiger partial charge in [-0.15, -0.1) is 0 Å². The van der Waals surface area contributed by atoms with Crippen molar-refractivity contribution in [2.24, 2.45) is 0 Å². The van der Waals surface area contributed by atoms with E-state index in [-0.39, 0.29) is 18.5 Å². The van der Waals surface area contributed by atoms with E-state index in [1.165, 1.54) is 327 Å². The van der Waals surface area contributed by atoms with Gasteiger partial charge in [0.1, 0.15) is 24.4 Å². The number of hydrogen-bond acceptors (Lipinski definition) is 10. The van der Waals surface area contributed by atoms with E-state index in [1.54, 1.807) is 6.08 Å². The highest BCUT2D eigenvalue weighted by molar-refractivity contribution is 5.76. The number of amides is 1. The normalized spacial score (nSPS) is 17.6. The number of carbonyl (C=O) groups is 2. The molecule has 1 amide bonds. The van der Waals surface area contributed by atoms with Gasteiger partial charge in [-0.25, -0.2) is 0 Å². The second kappa shape index (κ2) is 69.5. The molecular formula is C80H153NO10. The molecular weight excluding hydrogens is 1130 g/mol. The fourth-order valence-electron chi connectivity index (χ4n) is 13.0. The first-order valence-corrected chi connectivity index (χ1v) is 40.1. The van der Waals surface area contributed by atoms with Crippen LogP contribution in [0.3, 0.4) is 0 Å². The maximum Gasteiger partial charge on any atom is 0.305 e. The predicted octanol–water partition coefficient (Wildman–Crippen LogP) is 21.5. The minimum Gasteiger partial charge on any atom is -0.466 e. The van der Waals surface area contributed by atoms with Gasteiger partial charge in [-0.2, -0.15) is 0 Å². The summed E-state index contributed by atoms with van der Waals surface area (Å²) in [4.78, 5) is 25.1. The maximum absolute atomic E-state index is 13.1. The van der Waals surface area contributed by atoms with Crippen molar-refractivity contribution in [1.82, 2.24) is 5.32 Å². The zero-order valence-corrected chi connectivity index (χ0v) is 60.1. The van der Waals surface area contributed by atoms with Crippen LogP contribution in [0.1, 0.15) is 412 Å². The summed E-state index contributed by atoms with van der Waals surface area (Å²) < 4.78 is 16.8. The lowest BCUT2D eigenvalue weighted by Gasteiger charge is -2.40. The van der Waals surface area contributed by atoms with Crippen molar-refractivity contribution < 1.29 is 49.3 Å². The molecule has 1 saturated heterocycles. The van der Waals surface area contributed by atoms with E-state index in [4.69, 9.17) is 14.2 Å². The van der Waals surface area contributed by atoms with Crippen molar-refractivity contribution in [2.75, 3.05) is 19.8 Å². The molecule has 0 aliphatic carbocycles. The fourth-order valence-corrected chi connectivity index (χ4v) is 13.0. The number of aliphatic hydroxyl groups excluding tert-OH is 5. The molecule has 1 aliphatic heterocycles. The number of rotatable bonds is 72. The Balaban J connectivity index is 1.88. The van der Waals surface area contributed by atoms with E-state index >= 15 is 0 Å². The minimum atomic E-state index is -1.57. The highest BCUT2D eigenvalue weighted by atomic mass is 16.7. The summed E-state index contributed by atoms with van der Waals surface area (Å²) in [5.41, 5.74) is 0. The molecule has 0 aromatic heterocycles. The number of allylic oxidation sites excluding steroid dienone is 3. The first-order valence-electron chi connectivity index (χ1n) is 40.1. The average molecular weight is 1290 g/mol. The molecule has 7 atom stereocenters. The molecule has 0 radical (unpaired) electrons. The Bertz CT molecular complexity index is 1560. The van der Waals surface area contributed by atoms with Gasteiger partial charge >= 0.3 is 5.97 Å². The average Bonchev–Trinajstić information content (AvgIpc) is 1.18. The third-order valence-corrected chi connectivity index (χ3v) is 19.3. The lowest BCUT2D eigenvalue weighted by Crippen LogP contribution is -2.60. The number of nitrogens with one attached hydrogen (secondary N) is 1. The van der Waals surface area contributed by atoms with E-state index in [0.29, 0.717) is 19.4 Å². The lowest BCUT2D eigenvalue weighted by molar-refractivity contribution is -0.302. The Labute approximate surface area is 562 Å². The van der Waals surface area contributed by atoms with E-state index in [0.717, 1.165) is 57.8 Å². The van der Waals surface area contributed by atoms with Crippen molar-refractivity contribution >= 4 is 11.9 Å². The van der Waals surface area contributed by atoms with Gasteiger partial charge in [-0.05, 0) is 51.4 Å². The molecule has 91 heavy (non-hydrogen) atoms. The van der Waals surface area contributed by atoms with Crippen LogP contribution in [-0.2, 0) is 23.8 Å². The van der Waals surface area contributed by atoms with Crippen molar-refractivity contribution in [3.05, 3.63) is 24.3 Å². The highest BCUT2D eigenvalue weighted by Crippen LogP contribution is 2.24. The number of unbranched alkanes of at least 4 members (excludes halogenated alkanes) is 56. The van der Waals surface area contributed by atoms with Gasteiger partial charge in [0.25, 0.3) is 0 Å². The van der Waals surface area contributed by atoms with E-state index in [2.05, 4.69) is 31.3 Å². The second-order valence-electron chi connectivity index (χ2n) is 28.1. The topological polar surface area (TPSA) is 175 Å². The van der Waals surface area contributed by atoms with Gasteiger partial charge < -0.3 is 45.1 Å². The third-order valence-electron chi connectivity index (χ3n) is 19.3. The van der Waals surface area contributed by atoms with Gasteiger partial charge in [-0.3, -0.25) is 9.59 Å². The molecule has 0 saturated carbocycles. The van der Waals surface area contributed by atoms with Gasteiger partial charge in [0, 0.05) is 12.8 Å². The molecule has 0 bridgehead atoms. The highest BCUT2D eigenvalue weighted by Gasteiger charge is 2.44. The van der Waals surface area contributed by atoms with Crippen molar-refractivity contribution in [3.63, 3.8) is 0 Å². The van der Waals surface area contributed by atoms with Crippen LogP contribution in [0.2, 0.25) is 0 Å². The summed E-state index contributed by atoms with van der Waals surface area (Å²) in [5, 5.41) is 54.6. The van der Waals surface area contributed by atoms with Crippen LogP contribution in [0.15, 0.2) is 24.3 Å². The molecule has 11 nitrogen and oxygen atoms in total. The zero-order valence-electron chi connectivity index (χ0n) is 60.1. The monoisotopic (exact) mass is 1290 g/mol. The number of ether oxygens (including phenoxy) is 3. The van der Waals surface area contributed by atoms with Crippen molar-refractivity contribution in [2.45, 2.75) is 455 Å². The standard InChI is InChI=1S/C80H153NO10/c1-3-5-7-9-11-13-15-43-47-50-54-58-62-66-73(83)72(71-90-80-79(88)78(87)77(86)74(70-82)91-80)81-75(84)67-63-59-55-51-48-44-41-39-37-35-33-31-29-27-25-23-21-19-17-16-18-20-22-24-26-28-30-32-34-36-38-40-42-45-49-53-57-61-65-69-89-76(85)68-64-60-56-52-46-14-12-10-8-6-4-2/h10,12,62,66,72-74,77-80,82-83,86-88H,3-9,11,13-61,63-65,67-71H2,1-2H3,(H,81,84)/b12-10-,66-62+. The summed E-state index contributed by atoms with van der Waals surface area (Å²) >= 11 is 0. The van der Waals surface area contributed by atoms with Crippen molar-refractivity contribution in [3.8, 4) is 0 Å². The summed E-state index contributed by atoms with van der Waals surface area (Å²) in [6.07, 6.45) is 79.3. The summed E-state index contributed by atoms with van der Waals surface area (Å²) in [7, 11) is 0. The Morgan fingerprint density at radius 1 is 0.396 bits per heavy atom. The Kier molecular flexibility index (Phi) is 66.6. The summed E-state index contributed by atoms with van der Waals surface area (Å²) in [5.74, 6) is -0.165. The van der Waals surface area contributed by atoms with Crippen LogP contribution < -0.4 is 5.32 Å². The Morgan fingerprint density at radius 3 is 1.09 bits per heavy atom. The number of esters is 1. The van der Waals surface area contributed by atoms with Crippen molar-refractivity contribution in [1.29, 1.82) is 0 Å². The fraction of sp³-hybridized carbons (Fsp3) is 0.925. The Morgan fingerprint density at radius 2 is 0.714 bits per heavy atom. The first-order chi connectivity index (χ1) is 44.7. The number of aliphatic hydroxyl groups is 5. The van der Waals surface area contributed by atoms with Crippen LogP contribution in [0.25, 0.3) is 0 Å². The largest absolute Gasteiger partial charge is 0.466 e. The van der Waals surface area contributed by atoms with Gasteiger partial charge in [0.2, 0.25) is 5.91 Å². The number of carbonyl (C=O) groups excluding carboxylic acids is 2. The maximum atomic E-state index is 13.1. The van der Waals surface area contributed by atoms with Gasteiger partial charge in [0.15, 0.2) is 6.29 Å². The zero-order chi connectivity index (χ0) is 65.8. The van der Waals surface area contributed by atoms with Gasteiger partial charge in [-0.1, -0.05) is 372 Å². The smallest absolute Gasteiger partial charge is 0.305 e. The van der Waals surface area contributed by atoms with Crippen LogP contribution in [0.4, 0.5) is 0 Å². The predicted molar refractivity (Wildman–Crippen MR) is 384 cm³/mol.